The first kappa shape index (κ1) is 20.8. The van der Waals surface area contributed by atoms with Crippen molar-refractivity contribution in [2.24, 2.45) is 0 Å². The zero-order valence-corrected chi connectivity index (χ0v) is 18.8. The van der Waals surface area contributed by atoms with Crippen molar-refractivity contribution in [3.63, 3.8) is 0 Å². The summed E-state index contributed by atoms with van der Waals surface area (Å²) in [7, 11) is 1.61. The third-order valence-corrected chi connectivity index (χ3v) is 5.99. The van der Waals surface area contributed by atoms with Crippen molar-refractivity contribution in [2.75, 3.05) is 12.4 Å². The first-order chi connectivity index (χ1) is 14.9. The van der Waals surface area contributed by atoms with E-state index in [1.54, 1.807) is 7.11 Å². The van der Waals surface area contributed by atoms with E-state index < -0.39 is 0 Å². The maximum atomic E-state index is 12.6. The number of nitrogens with one attached hydrogen (secondary N) is 1. The molecular formula is C24H24N4O2S. The molecule has 1 N–H and O–H groups in total. The number of benzene rings is 2. The Morgan fingerprint density at radius 3 is 2.45 bits per heavy atom. The van der Waals surface area contributed by atoms with Crippen LogP contribution in [0.5, 0.6) is 5.75 Å². The molecule has 0 unspecified atom stereocenters. The normalized spacial score (nSPS) is 10.8. The quantitative estimate of drug-likeness (QED) is 0.460. The van der Waals surface area contributed by atoms with Gasteiger partial charge < -0.3 is 10.1 Å². The Hall–Kier alpha value is -3.45. The van der Waals surface area contributed by atoms with E-state index >= 15 is 0 Å². The van der Waals surface area contributed by atoms with Crippen molar-refractivity contribution in [3.8, 4) is 22.1 Å². The number of rotatable bonds is 6. The fourth-order valence-electron chi connectivity index (χ4n) is 3.38. The van der Waals surface area contributed by atoms with Crippen LogP contribution in [0.3, 0.4) is 0 Å². The van der Waals surface area contributed by atoms with Crippen LogP contribution in [0.1, 0.15) is 22.5 Å². The highest BCUT2D eigenvalue weighted by molar-refractivity contribution is 7.12. The van der Waals surface area contributed by atoms with Gasteiger partial charge in [-0.3, -0.25) is 4.79 Å². The van der Waals surface area contributed by atoms with Crippen LogP contribution in [0, 0.1) is 20.8 Å². The number of ether oxygens (including phenoxy) is 1. The number of aryl methyl sites for hydroxylation is 2. The van der Waals surface area contributed by atoms with Crippen molar-refractivity contribution in [3.05, 3.63) is 76.4 Å². The molecule has 6 nitrogen and oxygen atoms in total. The average Bonchev–Trinajstić information content (AvgIpc) is 3.35. The third-order valence-electron chi connectivity index (χ3n) is 5.17. The van der Waals surface area contributed by atoms with Crippen molar-refractivity contribution in [1.29, 1.82) is 0 Å². The Labute approximate surface area is 185 Å². The van der Waals surface area contributed by atoms with Crippen LogP contribution < -0.4 is 10.1 Å². The zero-order valence-electron chi connectivity index (χ0n) is 18.0. The van der Waals surface area contributed by atoms with Gasteiger partial charge in [0.15, 0.2) is 0 Å². The summed E-state index contributed by atoms with van der Waals surface area (Å²) in [6.45, 7) is 5.97. The van der Waals surface area contributed by atoms with E-state index in [1.165, 1.54) is 16.9 Å². The molecule has 31 heavy (non-hydrogen) atoms. The number of thiazole rings is 1. The molecule has 2 heterocycles. The Morgan fingerprint density at radius 1 is 1.06 bits per heavy atom. The SMILES string of the molecule is COc1ccc(NC(=O)Cc2c(C)nn(-c3nc(-c4ccc(C)cc4)cs3)c2C)cc1. The molecule has 0 aliphatic rings. The minimum Gasteiger partial charge on any atom is -0.497 e. The fourth-order valence-corrected chi connectivity index (χ4v) is 4.21. The summed E-state index contributed by atoms with van der Waals surface area (Å²) in [6, 6.07) is 15.6. The molecule has 7 heteroatoms. The predicted octanol–water partition coefficient (Wildman–Crippen LogP) is 5.11. The number of carbonyl (C=O) groups is 1. The minimum atomic E-state index is -0.0876. The largest absolute Gasteiger partial charge is 0.497 e. The summed E-state index contributed by atoms with van der Waals surface area (Å²) in [6.07, 6.45) is 0.250. The van der Waals surface area contributed by atoms with E-state index in [9.17, 15) is 4.79 Å². The molecule has 0 bridgehead atoms. The van der Waals surface area contributed by atoms with Gasteiger partial charge in [0.2, 0.25) is 11.0 Å². The van der Waals surface area contributed by atoms with Crippen LogP contribution >= 0.6 is 11.3 Å². The molecule has 0 radical (unpaired) electrons. The molecule has 4 aromatic rings. The maximum Gasteiger partial charge on any atom is 0.228 e. The molecule has 4 rings (SSSR count). The minimum absolute atomic E-state index is 0.0876. The number of hydrogen-bond donors (Lipinski definition) is 1. The molecule has 0 saturated carbocycles. The summed E-state index contributed by atoms with van der Waals surface area (Å²) in [5.74, 6) is 0.662. The van der Waals surface area contributed by atoms with Gasteiger partial charge in [-0.15, -0.1) is 11.3 Å². The summed E-state index contributed by atoms with van der Waals surface area (Å²) in [5, 5.41) is 10.4. The first-order valence-electron chi connectivity index (χ1n) is 9.96. The van der Waals surface area contributed by atoms with Gasteiger partial charge in [0.1, 0.15) is 5.75 Å². The molecular weight excluding hydrogens is 408 g/mol. The van der Waals surface area contributed by atoms with Gasteiger partial charge in [0.25, 0.3) is 0 Å². The van der Waals surface area contributed by atoms with Crippen molar-refractivity contribution in [1.82, 2.24) is 14.8 Å². The second kappa shape index (κ2) is 8.73. The highest BCUT2D eigenvalue weighted by Crippen LogP contribution is 2.27. The van der Waals surface area contributed by atoms with Gasteiger partial charge in [-0.05, 0) is 45.0 Å². The van der Waals surface area contributed by atoms with E-state index in [2.05, 4.69) is 41.6 Å². The van der Waals surface area contributed by atoms with Crippen molar-refractivity contribution in [2.45, 2.75) is 27.2 Å². The van der Waals surface area contributed by atoms with Crippen LogP contribution in [0.2, 0.25) is 0 Å². The van der Waals surface area contributed by atoms with E-state index in [-0.39, 0.29) is 12.3 Å². The molecule has 0 aliphatic heterocycles. The first-order valence-corrected chi connectivity index (χ1v) is 10.8. The molecule has 0 aliphatic carbocycles. The van der Waals surface area contributed by atoms with Crippen LogP contribution in [-0.4, -0.2) is 27.8 Å². The molecule has 2 aromatic heterocycles. The van der Waals surface area contributed by atoms with Crippen LogP contribution in [0.4, 0.5) is 5.69 Å². The summed E-state index contributed by atoms with van der Waals surface area (Å²) >= 11 is 1.54. The second-order valence-corrected chi connectivity index (χ2v) is 8.23. The lowest BCUT2D eigenvalue weighted by Crippen LogP contribution is -2.15. The Morgan fingerprint density at radius 2 is 1.77 bits per heavy atom. The Kier molecular flexibility index (Phi) is 5.86. The molecule has 1 amide bonds. The summed E-state index contributed by atoms with van der Waals surface area (Å²) in [5.41, 5.74) is 6.62. The van der Waals surface area contributed by atoms with Gasteiger partial charge in [0.05, 0.1) is 24.9 Å². The summed E-state index contributed by atoms with van der Waals surface area (Å²) < 4.78 is 6.98. The number of hydrogen-bond acceptors (Lipinski definition) is 5. The third kappa shape index (κ3) is 4.51. The lowest BCUT2D eigenvalue weighted by molar-refractivity contribution is -0.115. The average molecular weight is 433 g/mol. The summed E-state index contributed by atoms with van der Waals surface area (Å²) in [4.78, 5) is 17.4. The van der Waals surface area contributed by atoms with Gasteiger partial charge in [-0.1, -0.05) is 29.8 Å². The molecule has 0 fully saturated rings. The molecule has 2 aromatic carbocycles. The fraction of sp³-hybridized carbons (Fsp3) is 0.208. The molecule has 0 spiro atoms. The number of amides is 1. The van der Waals surface area contributed by atoms with Gasteiger partial charge >= 0.3 is 0 Å². The predicted molar refractivity (Wildman–Crippen MR) is 124 cm³/mol. The van der Waals surface area contributed by atoms with Gasteiger partial charge in [-0.25, -0.2) is 9.67 Å². The van der Waals surface area contributed by atoms with Crippen LogP contribution in [-0.2, 0) is 11.2 Å². The van der Waals surface area contributed by atoms with E-state index in [1.807, 2.05) is 48.2 Å². The molecule has 158 valence electrons. The Bertz CT molecular complexity index is 1210. The number of methoxy groups -OCH3 is 1. The topological polar surface area (TPSA) is 69.0 Å². The Balaban J connectivity index is 1.52. The van der Waals surface area contributed by atoms with Crippen molar-refractivity contribution < 1.29 is 9.53 Å². The van der Waals surface area contributed by atoms with Gasteiger partial charge in [0, 0.05) is 27.9 Å². The number of anilines is 1. The molecule has 0 atom stereocenters. The number of carbonyl (C=O) groups excluding carboxylic acids is 1. The van der Waals surface area contributed by atoms with E-state index in [0.29, 0.717) is 0 Å². The monoisotopic (exact) mass is 432 g/mol. The van der Waals surface area contributed by atoms with E-state index in [4.69, 9.17) is 9.72 Å². The maximum absolute atomic E-state index is 12.6. The van der Waals surface area contributed by atoms with Gasteiger partial charge in [-0.2, -0.15) is 5.10 Å². The zero-order chi connectivity index (χ0) is 22.0. The lowest BCUT2D eigenvalue weighted by Gasteiger charge is -2.07. The molecule has 0 saturated heterocycles. The van der Waals surface area contributed by atoms with Crippen LogP contribution in [0.25, 0.3) is 16.4 Å². The van der Waals surface area contributed by atoms with Crippen molar-refractivity contribution >= 4 is 22.9 Å². The standard InChI is InChI=1S/C24H24N4O2S/c1-15-5-7-18(8-6-15)22-14-31-24(26-22)28-17(3)21(16(2)27-28)13-23(29)25-19-9-11-20(30-4)12-10-19/h5-12,14H,13H2,1-4H3,(H,25,29). The van der Waals surface area contributed by atoms with Crippen LogP contribution in [0.15, 0.2) is 53.9 Å². The van der Waals surface area contributed by atoms with E-state index in [0.717, 1.165) is 44.8 Å². The lowest BCUT2D eigenvalue weighted by atomic mass is 10.1. The smallest absolute Gasteiger partial charge is 0.228 e. The highest BCUT2D eigenvalue weighted by Gasteiger charge is 2.18. The second-order valence-electron chi connectivity index (χ2n) is 7.40. The highest BCUT2D eigenvalue weighted by atomic mass is 32.1. The number of aromatic nitrogens is 3. The number of nitrogens with zero attached hydrogens (tertiary/aromatic N) is 3.